The lowest BCUT2D eigenvalue weighted by Gasteiger charge is -2.11. The van der Waals surface area contributed by atoms with E-state index in [9.17, 15) is 15.3 Å². The van der Waals surface area contributed by atoms with Crippen LogP contribution in [0.15, 0.2) is 36.4 Å². The molecule has 0 radical (unpaired) electrons. The van der Waals surface area contributed by atoms with Crippen LogP contribution in [0.2, 0.25) is 0 Å². The summed E-state index contributed by atoms with van der Waals surface area (Å²) in [6.45, 7) is 4.18. The van der Waals surface area contributed by atoms with Crippen LogP contribution in [0.5, 0.6) is 17.2 Å². The van der Waals surface area contributed by atoms with Crippen LogP contribution in [0.25, 0.3) is 11.1 Å². The summed E-state index contributed by atoms with van der Waals surface area (Å²) >= 11 is 0. The van der Waals surface area contributed by atoms with Crippen molar-refractivity contribution in [1.82, 2.24) is 0 Å². The van der Waals surface area contributed by atoms with Gasteiger partial charge in [0, 0.05) is 5.56 Å². The van der Waals surface area contributed by atoms with Crippen LogP contribution in [0.1, 0.15) is 25.3 Å². The Kier molecular flexibility index (Phi) is 3.15. The maximum atomic E-state index is 9.85. The van der Waals surface area contributed by atoms with E-state index in [0.717, 1.165) is 11.1 Å². The van der Waals surface area contributed by atoms with E-state index in [1.54, 1.807) is 6.07 Å². The molecule has 3 N–H and O–H groups in total. The van der Waals surface area contributed by atoms with E-state index in [0.29, 0.717) is 11.5 Å². The third-order valence-corrected chi connectivity index (χ3v) is 2.99. The van der Waals surface area contributed by atoms with E-state index < -0.39 is 5.75 Å². The molecule has 94 valence electrons. The van der Waals surface area contributed by atoms with E-state index in [1.807, 2.05) is 24.3 Å². The van der Waals surface area contributed by atoms with Gasteiger partial charge in [-0.25, -0.2) is 0 Å². The Hall–Kier alpha value is -2.16. The second kappa shape index (κ2) is 4.61. The first kappa shape index (κ1) is 12.3. The highest BCUT2D eigenvalue weighted by Crippen LogP contribution is 2.42. The fraction of sp³-hybridized carbons (Fsp3) is 0.200. The first-order valence-corrected chi connectivity index (χ1v) is 5.85. The molecule has 0 unspecified atom stereocenters. The van der Waals surface area contributed by atoms with Crippen LogP contribution in [-0.2, 0) is 0 Å². The van der Waals surface area contributed by atoms with E-state index in [1.165, 1.54) is 6.07 Å². The molecule has 0 saturated heterocycles. The number of aromatic hydroxyl groups is 3. The van der Waals surface area contributed by atoms with Gasteiger partial charge in [-0.05, 0) is 29.2 Å². The molecular weight excluding hydrogens is 228 g/mol. The van der Waals surface area contributed by atoms with Crippen LogP contribution < -0.4 is 0 Å². The van der Waals surface area contributed by atoms with Crippen molar-refractivity contribution in [3.05, 3.63) is 42.0 Å². The predicted molar refractivity (Wildman–Crippen MR) is 71.0 cm³/mol. The quantitative estimate of drug-likeness (QED) is 0.707. The number of hydrogen-bond donors (Lipinski definition) is 3. The van der Waals surface area contributed by atoms with Crippen LogP contribution in [-0.4, -0.2) is 15.3 Å². The average Bonchev–Trinajstić information content (AvgIpc) is 2.36. The standard InChI is InChI=1S/C15H16O3/c1-9(2)10-4-3-5-11(8-10)12-6-7-13(16)15(18)14(12)17/h3-9,16-18H,1-2H3. The minimum atomic E-state index is -0.484. The zero-order valence-electron chi connectivity index (χ0n) is 10.4. The SMILES string of the molecule is CC(C)c1cccc(-c2ccc(O)c(O)c2O)c1. The molecule has 2 aromatic carbocycles. The van der Waals surface area contributed by atoms with Crippen molar-refractivity contribution >= 4 is 0 Å². The van der Waals surface area contributed by atoms with Gasteiger partial charge in [0.05, 0.1) is 0 Å². The van der Waals surface area contributed by atoms with Crippen molar-refractivity contribution in [3.8, 4) is 28.4 Å². The highest BCUT2D eigenvalue weighted by Gasteiger charge is 2.13. The summed E-state index contributed by atoms with van der Waals surface area (Å²) in [5.41, 5.74) is 2.47. The Morgan fingerprint density at radius 3 is 2.28 bits per heavy atom. The average molecular weight is 244 g/mol. The molecule has 0 bridgehead atoms. The van der Waals surface area contributed by atoms with Gasteiger partial charge in [-0.3, -0.25) is 0 Å². The molecule has 3 nitrogen and oxygen atoms in total. The van der Waals surface area contributed by atoms with Gasteiger partial charge < -0.3 is 15.3 Å². The molecule has 0 aliphatic rings. The third kappa shape index (κ3) is 2.12. The van der Waals surface area contributed by atoms with Crippen molar-refractivity contribution in [1.29, 1.82) is 0 Å². The summed E-state index contributed by atoms with van der Waals surface area (Å²) in [7, 11) is 0. The normalized spacial score (nSPS) is 10.8. The molecule has 18 heavy (non-hydrogen) atoms. The molecular formula is C15H16O3. The van der Waals surface area contributed by atoms with E-state index in [4.69, 9.17) is 0 Å². The first-order chi connectivity index (χ1) is 8.50. The lowest BCUT2D eigenvalue weighted by atomic mass is 9.97. The third-order valence-electron chi connectivity index (χ3n) is 2.99. The molecule has 2 rings (SSSR count). The Balaban J connectivity index is 2.55. The van der Waals surface area contributed by atoms with Crippen LogP contribution >= 0.6 is 0 Å². The molecule has 0 aliphatic carbocycles. The van der Waals surface area contributed by atoms with Gasteiger partial charge in [-0.15, -0.1) is 0 Å². The van der Waals surface area contributed by atoms with E-state index >= 15 is 0 Å². The molecule has 0 fully saturated rings. The number of hydrogen-bond acceptors (Lipinski definition) is 3. The van der Waals surface area contributed by atoms with Gasteiger partial charge in [0.25, 0.3) is 0 Å². The molecule has 0 heterocycles. The monoisotopic (exact) mass is 244 g/mol. The molecule has 0 spiro atoms. The Morgan fingerprint density at radius 2 is 1.61 bits per heavy atom. The first-order valence-electron chi connectivity index (χ1n) is 5.85. The highest BCUT2D eigenvalue weighted by atomic mass is 16.3. The fourth-order valence-corrected chi connectivity index (χ4v) is 1.87. The predicted octanol–water partition coefficient (Wildman–Crippen LogP) is 3.59. The van der Waals surface area contributed by atoms with Gasteiger partial charge in [-0.1, -0.05) is 38.1 Å². The van der Waals surface area contributed by atoms with Crippen molar-refractivity contribution in [2.75, 3.05) is 0 Å². The molecule has 0 atom stereocenters. The van der Waals surface area contributed by atoms with E-state index in [2.05, 4.69) is 13.8 Å². The maximum absolute atomic E-state index is 9.85. The number of phenolic OH excluding ortho intramolecular Hbond substituents is 3. The van der Waals surface area contributed by atoms with Crippen LogP contribution in [0, 0.1) is 0 Å². The fourth-order valence-electron chi connectivity index (χ4n) is 1.87. The molecule has 0 aromatic heterocycles. The number of phenols is 3. The van der Waals surface area contributed by atoms with E-state index in [-0.39, 0.29) is 11.5 Å². The minimum Gasteiger partial charge on any atom is -0.504 e. The Bertz CT molecular complexity index is 574. The Morgan fingerprint density at radius 1 is 0.889 bits per heavy atom. The highest BCUT2D eigenvalue weighted by molar-refractivity contribution is 5.75. The van der Waals surface area contributed by atoms with Gasteiger partial charge >= 0.3 is 0 Å². The van der Waals surface area contributed by atoms with Crippen LogP contribution in [0.3, 0.4) is 0 Å². The van der Waals surface area contributed by atoms with Gasteiger partial charge in [0.1, 0.15) is 0 Å². The minimum absolute atomic E-state index is 0.295. The topological polar surface area (TPSA) is 60.7 Å². The molecule has 2 aromatic rings. The smallest absolute Gasteiger partial charge is 0.200 e. The van der Waals surface area contributed by atoms with Crippen molar-refractivity contribution in [3.63, 3.8) is 0 Å². The van der Waals surface area contributed by atoms with Gasteiger partial charge in [0.2, 0.25) is 5.75 Å². The zero-order chi connectivity index (χ0) is 13.3. The molecule has 0 aliphatic heterocycles. The van der Waals surface area contributed by atoms with Gasteiger partial charge in [-0.2, -0.15) is 0 Å². The summed E-state index contributed by atoms with van der Waals surface area (Å²) in [5, 5.41) is 28.7. The van der Waals surface area contributed by atoms with Crippen LogP contribution in [0.4, 0.5) is 0 Å². The Labute approximate surface area is 106 Å². The summed E-state index contributed by atoms with van der Waals surface area (Å²) < 4.78 is 0. The van der Waals surface area contributed by atoms with Gasteiger partial charge in [0.15, 0.2) is 11.5 Å². The lowest BCUT2D eigenvalue weighted by molar-refractivity contribution is 0.369. The van der Waals surface area contributed by atoms with Crippen molar-refractivity contribution in [2.24, 2.45) is 0 Å². The number of benzene rings is 2. The van der Waals surface area contributed by atoms with Crippen molar-refractivity contribution in [2.45, 2.75) is 19.8 Å². The zero-order valence-corrected chi connectivity index (χ0v) is 10.4. The molecule has 3 heteroatoms. The largest absolute Gasteiger partial charge is 0.504 e. The molecule has 0 amide bonds. The summed E-state index contributed by atoms with van der Waals surface area (Å²) in [6, 6.07) is 10.7. The maximum Gasteiger partial charge on any atom is 0.200 e. The second-order valence-corrected chi connectivity index (χ2v) is 4.61. The summed E-state index contributed by atoms with van der Waals surface area (Å²) in [5.74, 6) is -0.715. The lowest BCUT2D eigenvalue weighted by Crippen LogP contribution is -1.88. The summed E-state index contributed by atoms with van der Waals surface area (Å²) in [4.78, 5) is 0. The second-order valence-electron chi connectivity index (χ2n) is 4.61. The summed E-state index contributed by atoms with van der Waals surface area (Å²) in [6.07, 6.45) is 0. The van der Waals surface area contributed by atoms with Crippen molar-refractivity contribution < 1.29 is 15.3 Å². The molecule has 0 saturated carbocycles. The number of rotatable bonds is 2.